The second-order valence-electron chi connectivity index (χ2n) is 5.67. The van der Waals surface area contributed by atoms with Crippen LogP contribution in [0.25, 0.3) is 0 Å². The Bertz CT molecular complexity index is 516. The second-order valence-corrected chi connectivity index (χ2v) is 5.67. The maximum atomic E-state index is 11.3. The average Bonchev–Trinajstić information content (AvgIpc) is 2.57. The van der Waals surface area contributed by atoms with Crippen molar-refractivity contribution in [2.75, 3.05) is 26.2 Å². The third-order valence-corrected chi connectivity index (χ3v) is 3.44. The molecule has 0 heterocycles. The van der Waals surface area contributed by atoms with E-state index in [1.165, 1.54) is 0 Å². The Morgan fingerprint density at radius 1 is 1.25 bits per heavy atom. The number of hydrogen-bond acceptors (Lipinski definition) is 4. The van der Waals surface area contributed by atoms with Crippen LogP contribution in [0.5, 0.6) is 0 Å². The van der Waals surface area contributed by atoms with Crippen LogP contribution in [0.15, 0.2) is 35.3 Å². The fourth-order valence-corrected chi connectivity index (χ4v) is 2.14. The molecule has 0 bridgehead atoms. The zero-order valence-electron chi connectivity index (χ0n) is 14.8. The number of nitrogens with zero attached hydrogens (tertiary/aromatic N) is 1. The summed E-state index contributed by atoms with van der Waals surface area (Å²) >= 11 is 0. The lowest BCUT2D eigenvalue weighted by Crippen LogP contribution is -2.39. The van der Waals surface area contributed by atoms with Crippen LogP contribution < -0.4 is 10.6 Å². The number of nitrogens with one attached hydrogen (secondary N) is 2. The summed E-state index contributed by atoms with van der Waals surface area (Å²) in [6.07, 6.45) is 1.04. The Morgan fingerprint density at radius 2 is 1.96 bits per heavy atom. The summed E-state index contributed by atoms with van der Waals surface area (Å²) in [5.41, 5.74) is -0.207. The van der Waals surface area contributed by atoms with Crippen molar-refractivity contribution in [3.8, 4) is 0 Å². The highest BCUT2D eigenvalue weighted by atomic mass is 16.5. The molecule has 0 amide bonds. The molecule has 1 atom stereocenters. The van der Waals surface area contributed by atoms with Gasteiger partial charge in [0.2, 0.25) is 0 Å². The van der Waals surface area contributed by atoms with Crippen LogP contribution in [-0.2, 0) is 15.1 Å². The van der Waals surface area contributed by atoms with Crippen LogP contribution in [-0.4, -0.2) is 43.3 Å². The summed E-state index contributed by atoms with van der Waals surface area (Å²) in [4.78, 5) is 15.7. The minimum absolute atomic E-state index is 0.187. The quantitative estimate of drug-likeness (QED) is 0.277. The number of rotatable bonds is 9. The maximum absolute atomic E-state index is 11.3. The number of carbonyl (C=O) groups excluding carboxylic acids is 1. The number of esters is 1. The molecule has 6 heteroatoms. The molecule has 0 aromatic heterocycles. The number of hydrogen-bond donors (Lipinski definition) is 3. The van der Waals surface area contributed by atoms with E-state index < -0.39 is 5.60 Å². The molecule has 0 saturated carbocycles. The molecule has 1 unspecified atom stereocenters. The van der Waals surface area contributed by atoms with Gasteiger partial charge < -0.3 is 20.5 Å². The first-order valence-corrected chi connectivity index (χ1v) is 8.45. The fourth-order valence-electron chi connectivity index (χ4n) is 2.14. The van der Waals surface area contributed by atoms with Crippen molar-refractivity contribution in [2.45, 2.75) is 39.2 Å². The third kappa shape index (κ3) is 7.46. The molecule has 0 saturated heterocycles. The van der Waals surface area contributed by atoms with Crippen molar-refractivity contribution in [3.63, 3.8) is 0 Å². The van der Waals surface area contributed by atoms with E-state index in [4.69, 9.17) is 4.74 Å². The van der Waals surface area contributed by atoms with E-state index in [0.29, 0.717) is 32.0 Å². The molecule has 0 radical (unpaired) electrons. The van der Waals surface area contributed by atoms with Crippen LogP contribution in [0.4, 0.5) is 0 Å². The van der Waals surface area contributed by atoms with Gasteiger partial charge in [0.05, 0.1) is 13.2 Å². The standard InChI is InChI=1S/C18H29N3O3/c1-4-19-17(20-13-9-12-16(22)24-5-2)21-14-18(3,23)15-10-7-6-8-11-15/h6-8,10-11,23H,4-5,9,12-14H2,1-3H3,(H2,19,20,21). The molecular weight excluding hydrogens is 306 g/mol. The smallest absolute Gasteiger partial charge is 0.305 e. The number of carbonyl (C=O) groups is 1. The first-order chi connectivity index (χ1) is 11.5. The zero-order chi connectivity index (χ0) is 17.8. The first-order valence-electron chi connectivity index (χ1n) is 8.45. The monoisotopic (exact) mass is 335 g/mol. The lowest BCUT2D eigenvalue weighted by Gasteiger charge is -2.22. The van der Waals surface area contributed by atoms with Gasteiger partial charge in [-0.25, -0.2) is 4.99 Å². The molecule has 1 aromatic carbocycles. The van der Waals surface area contributed by atoms with Crippen LogP contribution >= 0.6 is 0 Å². The number of benzene rings is 1. The van der Waals surface area contributed by atoms with E-state index in [1.54, 1.807) is 13.8 Å². The molecule has 0 fully saturated rings. The molecule has 3 N–H and O–H groups in total. The minimum Gasteiger partial charge on any atom is -0.466 e. The van der Waals surface area contributed by atoms with Crippen LogP contribution in [0.2, 0.25) is 0 Å². The van der Waals surface area contributed by atoms with E-state index in [1.807, 2.05) is 37.3 Å². The normalized spacial score (nSPS) is 13.9. The number of ether oxygens (including phenoxy) is 1. The van der Waals surface area contributed by atoms with Gasteiger partial charge in [-0.3, -0.25) is 4.79 Å². The molecule has 0 aliphatic heterocycles. The van der Waals surface area contributed by atoms with E-state index in [0.717, 1.165) is 12.1 Å². The second kappa shape index (κ2) is 10.6. The van der Waals surface area contributed by atoms with Crippen molar-refractivity contribution >= 4 is 11.9 Å². The van der Waals surface area contributed by atoms with Crippen molar-refractivity contribution < 1.29 is 14.6 Å². The van der Waals surface area contributed by atoms with Gasteiger partial charge in [0.1, 0.15) is 5.60 Å². The molecular formula is C18H29N3O3. The van der Waals surface area contributed by atoms with Gasteiger partial charge in [0, 0.05) is 19.5 Å². The lowest BCUT2D eigenvalue weighted by atomic mass is 9.96. The number of aliphatic hydroxyl groups is 1. The third-order valence-electron chi connectivity index (χ3n) is 3.44. The molecule has 0 aliphatic rings. The Labute approximate surface area is 144 Å². The Hall–Kier alpha value is -2.08. The van der Waals surface area contributed by atoms with Gasteiger partial charge in [-0.05, 0) is 32.8 Å². The van der Waals surface area contributed by atoms with E-state index in [2.05, 4.69) is 15.6 Å². The number of guanidine groups is 1. The van der Waals surface area contributed by atoms with Crippen molar-refractivity contribution in [3.05, 3.63) is 35.9 Å². The summed E-state index contributed by atoms with van der Waals surface area (Å²) in [6, 6.07) is 9.47. The number of aliphatic imine (C=N–C) groups is 1. The molecule has 1 aromatic rings. The highest BCUT2D eigenvalue weighted by Crippen LogP contribution is 2.20. The van der Waals surface area contributed by atoms with Crippen LogP contribution in [0.3, 0.4) is 0 Å². The van der Waals surface area contributed by atoms with Gasteiger partial charge in [-0.15, -0.1) is 0 Å². The van der Waals surface area contributed by atoms with Crippen LogP contribution in [0.1, 0.15) is 39.2 Å². The van der Waals surface area contributed by atoms with Gasteiger partial charge >= 0.3 is 5.97 Å². The maximum Gasteiger partial charge on any atom is 0.305 e. The Balaban J connectivity index is 2.51. The largest absolute Gasteiger partial charge is 0.466 e. The zero-order valence-corrected chi connectivity index (χ0v) is 14.8. The highest BCUT2D eigenvalue weighted by Gasteiger charge is 2.22. The fraction of sp³-hybridized carbons (Fsp3) is 0.556. The molecule has 0 spiro atoms. The van der Waals surface area contributed by atoms with E-state index in [-0.39, 0.29) is 12.5 Å². The summed E-state index contributed by atoms with van der Waals surface area (Å²) in [6.45, 7) is 7.50. The van der Waals surface area contributed by atoms with Gasteiger partial charge in [-0.1, -0.05) is 30.3 Å². The van der Waals surface area contributed by atoms with Gasteiger partial charge in [-0.2, -0.15) is 0 Å². The van der Waals surface area contributed by atoms with Crippen LogP contribution in [0, 0.1) is 0 Å². The van der Waals surface area contributed by atoms with Crippen molar-refractivity contribution in [2.24, 2.45) is 4.99 Å². The predicted octanol–water partition coefficient (Wildman–Crippen LogP) is 1.79. The first kappa shape index (κ1) is 20.0. The summed E-state index contributed by atoms with van der Waals surface area (Å²) in [5.74, 6) is 0.436. The Kier molecular flexibility index (Phi) is 8.86. The average molecular weight is 335 g/mol. The molecule has 134 valence electrons. The topological polar surface area (TPSA) is 83.0 Å². The van der Waals surface area contributed by atoms with Gasteiger partial charge in [0.25, 0.3) is 0 Å². The summed E-state index contributed by atoms with van der Waals surface area (Å²) < 4.78 is 4.89. The highest BCUT2D eigenvalue weighted by molar-refractivity contribution is 5.79. The Morgan fingerprint density at radius 3 is 2.58 bits per heavy atom. The van der Waals surface area contributed by atoms with Crippen molar-refractivity contribution in [1.29, 1.82) is 0 Å². The molecule has 0 aliphatic carbocycles. The van der Waals surface area contributed by atoms with E-state index >= 15 is 0 Å². The minimum atomic E-state index is -1.03. The SMILES string of the molecule is CCNC(=NCC(C)(O)c1ccccc1)NCCCC(=O)OCC. The van der Waals surface area contributed by atoms with Crippen molar-refractivity contribution in [1.82, 2.24) is 10.6 Å². The van der Waals surface area contributed by atoms with Gasteiger partial charge in [0.15, 0.2) is 5.96 Å². The lowest BCUT2D eigenvalue weighted by molar-refractivity contribution is -0.143. The molecule has 1 rings (SSSR count). The molecule has 6 nitrogen and oxygen atoms in total. The molecule has 24 heavy (non-hydrogen) atoms. The summed E-state index contributed by atoms with van der Waals surface area (Å²) in [5, 5.41) is 16.9. The van der Waals surface area contributed by atoms with E-state index in [9.17, 15) is 9.90 Å². The summed E-state index contributed by atoms with van der Waals surface area (Å²) in [7, 11) is 0. The predicted molar refractivity (Wildman–Crippen MR) is 95.9 cm³/mol.